The number of carbonyl (C=O) groups excluding carboxylic acids is 1. The molecule has 0 aromatic heterocycles. The summed E-state index contributed by atoms with van der Waals surface area (Å²) in [7, 11) is -3.11. The minimum atomic E-state index is -4.37. The lowest BCUT2D eigenvalue weighted by Gasteiger charge is -2.11. The Balaban J connectivity index is 3.18. The van der Waals surface area contributed by atoms with Crippen molar-refractivity contribution in [2.45, 2.75) is 6.42 Å². The molecule has 5 nitrogen and oxygen atoms in total. The van der Waals surface area contributed by atoms with E-state index in [9.17, 15) is 13.2 Å². The van der Waals surface area contributed by atoms with Crippen molar-refractivity contribution in [1.82, 2.24) is 0 Å². The Morgan fingerprint density at radius 1 is 1.54 bits per heavy atom. The molecule has 13 heavy (non-hydrogen) atoms. The summed E-state index contributed by atoms with van der Waals surface area (Å²) in [5, 5.41) is 0. The van der Waals surface area contributed by atoms with Gasteiger partial charge in [-0.25, -0.2) is 0 Å². The van der Waals surface area contributed by atoms with Gasteiger partial charge in [0, 0.05) is 12.5 Å². The van der Waals surface area contributed by atoms with Crippen LogP contribution in [0.5, 0.6) is 0 Å². The summed E-state index contributed by atoms with van der Waals surface area (Å²) >= 11 is 0. The second-order valence-corrected chi connectivity index (χ2v) is 3.82. The predicted octanol–water partition coefficient (Wildman–Crippen LogP) is 0.261. The molecule has 0 bridgehead atoms. The van der Waals surface area contributed by atoms with Crippen molar-refractivity contribution in [3.05, 3.63) is 22.8 Å². The predicted molar refractivity (Wildman–Crippen MR) is 44.3 cm³/mol. The van der Waals surface area contributed by atoms with Gasteiger partial charge in [-0.1, -0.05) is 0 Å². The number of methoxy groups -OCH3 is 1. The molecule has 6 heteroatoms. The quantitative estimate of drug-likeness (QED) is 0.652. The van der Waals surface area contributed by atoms with Crippen LogP contribution in [0.2, 0.25) is 0 Å². The van der Waals surface area contributed by atoms with Gasteiger partial charge in [-0.3, -0.25) is 9.35 Å². The van der Waals surface area contributed by atoms with Gasteiger partial charge in [0.2, 0.25) is 0 Å². The SMILES string of the molecule is COC1=CCC(=O)C=C1S(=O)(=O)O. The maximum absolute atomic E-state index is 10.8. The average molecular weight is 204 g/mol. The van der Waals surface area contributed by atoms with Crippen LogP contribution in [-0.4, -0.2) is 25.9 Å². The molecule has 1 rings (SSSR count). The summed E-state index contributed by atoms with van der Waals surface area (Å²) in [6, 6.07) is 0. The minimum Gasteiger partial charge on any atom is -0.496 e. The molecule has 1 aliphatic carbocycles. The largest absolute Gasteiger partial charge is 0.496 e. The third-order valence-corrected chi connectivity index (χ3v) is 2.40. The topological polar surface area (TPSA) is 80.7 Å². The molecule has 0 saturated carbocycles. The molecule has 0 aromatic carbocycles. The van der Waals surface area contributed by atoms with E-state index in [4.69, 9.17) is 4.55 Å². The molecule has 0 unspecified atom stereocenters. The number of hydrogen-bond donors (Lipinski definition) is 1. The molecule has 1 aliphatic rings. The van der Waals surface area contributed by atoms with E-state index >= 15 is 0 Å². The fourth-order valence-corrected chi connectivity index (χ4v) is 1.66. The van der Waals surface area contributed by atoms with Gasteiger partial charge in [0.1, 0.15) is 10.7 Å². The van der Waals surface area contributed by atoms with Gasteiger partial charge in [-0.05, 0) is 6.08 Å². The lowest BCUT2D eigenvalue weighted by atomic mass is 10.1. The van der Waals surface area contributed by atoms with E-state index in [2.05, 4.69) is 4.74 Å². The molecule has 0 saturated heterocycles. The Labute approximate surface area is 75.4 Å². The number of allylic oxidation sites excluding steroid dienone is 2. The van der Waals surface area contributed by atoms with Crippen molar-refractivity contribution < 1.29 is 22.5 Å². The molecule has 0 fully saturated rings. The van der Waals surface area contributed by atoms with Crippen LogP contribution in [0.15, 0.2) is 22.8 Å². The smallest absolute Gasteiger partial charge is 0.298 e. The van der Waals surface area contributed by atoms with E-state index in [1.54, 1.807) is 0 Å². The van der Waals surface area contributed by atoms with Crippen LogP contribution in [0, 0.1) is 0 Å². The zero-order chi connectivity index (χ0) is 10.1. The van der Waals surface area contributed by atoms with E-state index in [1.807, 2.05) is 0 Å². The Hall–Kier alpha value is -1.14. The Bertz CT molecular complexity index is 387. The van der Waals surface area contributed by atoms with Crippen LogP contribution >= 0.6 is 0 Å². The molecule has 0 heterocycles. The van der Waals surface area contributed by atoms with Gasteiger partial charge in [0.25, 0.3) is 10.1 Å². The van der Waals surface area contributed by atoms with Crippen LogP contribution < -0.4 is 0 Å². The molecule has 1 N–H and O–H groups in total. The van der Waals surface area contributed by atoms with Gasteiger partial charge in [-0.2, -0.15) is 8.42 Å². The Kier molecular flexibility index (Phi) is 2.53. The van der Waals surface area contributed by atoms with Gasteiger partial charge in [0.15, 0.2) is 5.78 Å². The summed E-state index contributed by atoms with van der Waals surface area (Å²) in [5.74, 6) is -0.379. The Morgan fingerprint density at radius 3 is 2.62 bits per heavy atom. The highest BCUT2D eigenvalue weighted by Crippen LogP contribution is 2.21. The number of rotatable bonds is 2. The summed E-state index contributed by atoms with van der Waals surface area (Å²) in [5.41, 5.74) is 0. The molecule has 72 valence electrons. The van der Waals surface area contributed by atoms with Crippen LogP contribution in [0.25, 0.3) is 0 Å². The maximum atomic E-state index is 10.8. The van der Waals surface area contributed by atoms with Crippen molar-refractivity contribution in [2.24, 2.45) is 0 Å². The first kappa shape index (κ1) is 9.94. The van der Waals surface area contributed by atoms with Gasteiger partial charge in [0.05, 0.1) is 7.11 Å². The van der Waals surface area contributed by atoms with Crippen molar-refractivity contribution >= 4 is 15.9 Å². The molecule has 0 aromatic rings. The molecular formula is C7H8O5S. The van der Waals surface area contributed by atoms with Gasteiger partial charge < -0.3 is 4.74 Å². The third kappa shape index (κ3) is 2.16. The van der Waals surface area contributed by atoms with E-state index in [-0.39, 0.29) is 18.0 Å². The highest BCUT2D eigenvalue weighted by atomic mass is 32.2. The second-order valence-electron chi connectivity index (χ2n) is 2.43. The maximum Gasteiger partial charge on any atom is 0.298 e. The number of carbonyl (C=O) groups is 1. The first-order valence-electron chi connectivity index (χ1n) is 3.41. The highest BCUT2D eigenvalue weighted by molar-refractivity contribution is 7.90. The summed E-state index contributed by atoms with van der Waals surface area (Å²) < 4.78 is 34.8. The molecule has 0 amide bonds. The van der Waals surface area contributed by atoms with E-state index in [0.717, 1.165) is 6.08 Å². The van der Waals surface area contributed by atoms with E-state index in [1.165, 1.54) is 13.2 Å². The summed E-state index contributed by atoms with van der Waals surface area (Å²) in [6.07, 6.45) is 2.25. The number of ketones is 1. The van der Waals surface area contributed by atoms with Crippen LogP contribution in [-0.2, 0) is 19.6 Å². The fourth-order valence-electron chi connectivity index (χ4n) is 0.956. The minimum absolute atomic E-state index is 0.00194. The zero-order valence-electron chi connectivity index (χ0n) is 6.85. The number of ether oxygens (including phenoxy) is 1. The first-order valence-corrected chi connectivity index (χ1v) is 4.85. The number of hydrogen-bond acceptors (Lipinski definition) is 4. The lowest BCUT2D eigenvalue weighted by Crippen LogP contribution is -2.12. The Morgan fingerprint density at radius 2 is 2.15 bits per heavy atom. The molecule has 0 spiro atoms. The highest BCUT2D eigenvalue weighted by Gasteiger charge is 2.24. The van der Waals surface area contributed by atoms with Gasteiger partial charge >= 0.3 is 0 Å². The molecule has 0 radical (unpaired) electrons. The lowest BCUT2D eigenvalue weighted by molar-refractivity contribution is -0.114. The monoisotopic (exact) mass is 204 g/mol. The molecule has 0 atom stereocenters. The fraction of sp³-hybridized carbons (Fsp3) is 0.286. The first-order chi connectivity index (χ1) is 5.95. The van der Waals surface area contributed by atoms with E-state index in [0.29, 0.717) is 0 Å². The van der Waals surface area contributed by atoms with Crippen LogP contribution in [0.1, 0.15) is 6.42 Å². The van der Waals surface area contributed by atoms with E-state index < -0.39 is 15.0 Å². The normalized spacial score (nSPS) is 17.8. The summed E-state index contributed by atoms with van der Waals surface area (Å²) in [4.78, 5) is 10.3. The second kappa shape index (κ2) is 3.31. The third-order valence-electron chi connectivity index (χ3n) is 1.52. The van der Waals surface area contributed by atoms with Crippen LogP contribution in [0.4, 0.5) is 0 Å². The zero-order valence-corrected chi connectivity index (χ0v) is 7.67. The summed E-state index contributed by atoms with van der Waals surface area (Å²) in [6.45, 7) is 0. The van der Waals surface area contributed by atoms with Crippen molar-refractivity contribution in [3.63, 3.8) is 0 Å². The van der Waals surface area contributed by atoms with Crippen molar-refractivity contribution in [3.8, 4) is 0 Å². The van der Waals surface area contributed by atoms with Crippen molar-refractivity contribution in [1.29, 1.82) is 0 Å². The standard InChI is InChI=1S/C7H8O5S/c1-12-6-3-2-5(8)4-7(6)13(9,10)11/h3-4H,2H2,1H3,(H,9,10,11). The average Bonchev–Trinajstić information content (AvgIpc) is 2.03. The van der Waals surface area contributed by atoms with Crippen molar-refractivity contribution in [2.75, 3.05) is 7.11 Å². The molecular weight excluding hydrogens is 196 g/mol. The van der Waals surface area contributed by atoms with Crippen LogP contribution in [0.3, 0.4) is 0 Å². The van der Waals surface area contributed by atoms with Gasteiger partial charge in [-0.15, -0.1) is 0 Å². The molecule has 0 aliphatic heterocycles.